The number of para-hydroxylation sites is 1. The number of hydrogen-bond acceptors (Lipinski definition) is 5. The van der Waals surface area contributed by atoms with E-state index in [2.05, 4.69) is 15.9 Å². The Morgan fingerprint density at radius 2 is 1.69 bits per heavy atom. The zero-order valence-corrected chi connectivity index (χ0v) is 28.3. The van der Waals surface area contributed by atoms with Gasteiger partial charge in [-0.3, -0.25) is 19.3 Å². The molecule has 0 radical (unpaired) electrons. The second-order valence-electron chi connectivity index (χ2n) is 12.3. The number of anilines is 3. The van der Waals surface area contributed by atoms with Gasteiger partial charge in [-0.2, -0.15) is 0 Å². The molecule has 0 aliphatic carbocycles. The number of benzene rings is 4. The maximum Gasteiger partial charge on any atom is 0.264 e. The van der Waals surface area contributed by atoms with Crippen molar-refractivity contribution in [3.63, 3.8) is 0 Å². The molecule has 2 aliphatic rings. The van der Waals surface area contributed by atoms with Crippen molar-refractivity contribution in [2.75, 3.05) is 23.0 Å². The average Bonchev–Trinajstić information content (AvgIpc) is 3.30. The number of aliphatic hydroxyl groups excluding tert-OH is 1. The summed E-state index contributed by atoms with van der Waals surface area (Å²) in [4.78, 5) is 45.3. The van der Waals surface area contributed by atoms with Gasteiger partial charge in [-0.1, -0.05) is 95.7 Å². The summed E-state index contributed by atoms with van der Waals surface area (Å²) in [5.41, 5.74) is 3.69. The molecule has 0 saturated carbocycles. The van der Waals surface area contributed by atoms with Crippen LogP contribution in [0.3, 0.4) is 0 Å². The molecule has 0 bridgehead atoms. The summed E-state index contributed by atoms with van der Waals surface area (Å²) in [6, 6.07) is 30.5. The van der Waals surface area contributed by atoms with E-state index in [1.165, 1.54) is 0 Å². The third-order valence-electron chi connectivity index (χ3n) is 9.15. The van der Waals surface area contributed by atoms with Crippen LogP contribution >= 0.6 is 15.9 Å². The molecule has 0 fully saturated rings. The van der Waals surface area contributed by atoms with Gasteiger partial charge in [-0.15, -0.1) is 0 Å². The van der Waals surface area contributed by atoms with Crippen molar-refractivity contribution in [1.29, 1.82) is 0 Å². The molecule has 4 aromatic carbocycles. The number of carbonyl (C=O) groups excluding carboxylic acids is 3. The van der Waals surface area contributed by atoms with Crippen LogP contribution in [-0.4, -0.2) is 46.0 Å². The van der Waals surface area contributed by atoms with Crippen LogP contribution in [0.2, 0.25) is 0 Å². The van der Waals surface area contributed by atoms with E-state index in [9.17, 15) is 24.6 Å². The first-order valence-corrected chi connectivity index (χ1v) is 16.9. The Morgan fingerprint density at radius 3 is 2.48 bits per heavy atom. The van der Waals surface area contributed by atoms with Gasteiger partial charge < -0.3 is 20.0 Å². The lowest BCUT2D eigenvalue weighted by atomic mass is 9.83. The Morgan fingerprint density at radius 1 is 0.938 bits per heavy atom. The van der Waals surface area contributed by atoms with Gasteiger partial charge in [-0.05, 0) is 59.5 Å². The molecule has 0 aromatic heterocycles. The van der Waals surface area contributed by atoms with E-state index in [4.69, 9.17) is 0 Å². The molecule has 6 rings (SSSR count). The van der Waals surface area contributed by atoms with E-state index in [1.54, 1.807) is 39.8 Å². The van der Waals surface area contributed by atoms with Crippen LogP contribution < -0.4 is 9.80 Å². The summed E-state index contributed by atoms with van der Waals surface area (Å²) in [5, 5.41) is 21.7. The summed E-state index contributed by atoms with van der Waals surface area (Å²) in [7, 11) is 0. The highest BCUT2D eigenvalue weighted by Crippen LogP contribution is 2.47. The van der Waals surface area contributed by atoms with Gasteiger partial charge in [0.2, 0.25) is 11.8 Å². The van der Waals surface area contributed by atoms with Crippen LogP contribution in [0.1, 0.15) is 42.0 Å². The molecule has 2 atom stereocenters. The number of rotatable bonds is 11. The highest BCUT2D eigenvalue weighted by atomic mass is 79.9. The van der Waals surface area contributed by atoms with E-state index in [-0.39, 0.29) is 37.9 Å². The lowest BCUT2D eigenvalue weighted by molar-refractivity contribution is -0.139. The third kappa shape index (κ3) is 6.58. The molecule has 0 spiro atoms. The van der Waals surface area contributed by atoms with Crippen molar-refractivity contribution in [3.05, 3.63) is 136 Å². The molecule has 246 valence electrons. The quantitative estimate of drug-likeness (QED) is 0.176. The molecule has 9 heteroatoms. The van der Waals surface area contributed by atoms with E-state index >= 15 is 0 Å². The Hall–Kier alpha value is -4.57. The van der Waals surface area contributed by atoms with Gasteiger partial charge in [0.25, 0.3) is 5.91 Å². The molecule has 2 heterocycles. The van der Waals surface area contributed by atoms with Gasteiger partial charge in [0.1, 0.15) is 0 Å². The minimum absolute atomic E-state index is 0.0197. The first-order valence-electron chi connectivity index (χ1n) is 16.1. The highest BCUT2D eigenvalue weighted by molar-refractivity contribution is 9.10. The Kier molecular flexibility index (Phi) is 9.91. The summed E-state index contributed by atoms with van der Waals surface area (Å²) in [6.07, 6.45) is 4.58. The normalized spacial score (nSPS) is 17.8. The molecule has 8 nitrogen and oxygen atoms in total. The maximum absolute atomic E-state index is 14.2. The molecule has 2 N–H and O–H groups in total. The molecule has 0 saturated heterocycles. The second-order valence-corrected chi connectivity index (χ2v) is 13.2. The predicted octanol–water partition coefficient (Wildman–Crippen LogP) is 6.40. The van der Waals surface area contributed by atoms with Crippen LogP contribution in [0.25, 0.3) is 0 Å². The number of carbonyl (C=O) groups is 3. The highest BCUT2D eigenvalue weighted by Gasteiger charge is 2.52. The van der Waals surface area contributed by atoms with Crippen LogP contribution in [0, 0.1) is 5.92 Å². The molecule has 4 aromatic rings. The van der Waals surface area contributed by atoms with Crippen LogP contribution in [0.15, 0.2) is 114 Å². The molecule has 0 unspecified atom stereocenters. The topological polar surface area (TPSA) is 101 Å². The number of aliphatic hydroxyl groups is 2. The fraction of sp³-hybridized carbons (Fsp3) is 0.256. The Balaban J connectivity index is 1.22. The van der Waals surface area contributed by atoms with Gasteiger partial charge in [0, 0.05) is 47.6 Å². The number of amides is 3. The lowest BCUT2D eigenvalue weighted by Crippen LogP contribution is -2.44. The number of fused-ring (bicyclic) bond motifs is 2. The van der Waals surface area contributed by atoms with Crippen molar-refractivity contribution in [1.82, 2.24) is 4.90 Å². The van der Waals surface area contributed by atoms with Crippen LogP contribution in [-0.2, 0) is 39.5 Å². The first-order chi connectivity index (χ1) is 23.2. The minimum atomic E-state index is -1.87. The summed E-state index contributed by atoms with van der Waals surface area (Å²) >= 11 is 3.51. The largest absolute Gasteiger partial charge is 0.395 e. The Labute approximate surface area is 289 Å². The van der Waals surface area contributed by atoms with Crippen molar-refractivity contribution in [3.8, 4) is 0 Å². The fourth-order valence-corrected chi connectivity index (χ4v) is 6.98. The maximum atomic E-state index is 14.2. The van der Waals surface area contributed by atoms with Gasteiger partial charge >= 0.3 is 0 Å². The molecule has 2 aliphatic heterocycles. The Bertz CT molecular complexity index is 1860. The zero-order chi connectivity index (χ0) is 33.8. The number of halogens is 1. The van der Waals surface area contributed by atoms with Crippen molar-refractivity contribution >= 4 is 50.7 Å². The van der Waals surface area contributed by atoms with E-state index in [0.717, 1.165) is 32.5 Å². The average molecular weight is 709 g/mol. The predicted molar refractivity (Wildman–Crippen MR) is 189 cm³/mol. The lowest BCUT2D eigenvalue weighted by Gasteiger charge is -2.30. The molecule has 48 heavy (non-hydrogen) atoms. The monoisotopic (exact) mass is 707 g/mol. The summed E-state index contributed by atoms with van der Waals surface area (Å²) < 4.78 is 0.727. The number of aryl methyl sites for hydroxylation is 1. The summed E-state index contributed by atoms with van der Waals surface area (Å²) in [6.45, 7) is 2.39. The standard InChI is InChI=1S/C39H38BrN3O5/c1-27(9-7-16-36(45)41(21-22-44)25-28-10-3-2-4-11-28)39(48)33-24-31(40)18-19-35(33)42(38(39)47)26-29-12-8-14-32(23-29)43-34-15-6-5-13-30(34)17-20-37(43)46/h2-15,18-19,23-24,27,44,48H,16-17,20-22,25-26H2,1H3/b9-7+/t27-,39+/m1/s1. The van der Waals surface area contributed by atoms with Crippen molar-refractivity contribution < 1.29 is 24.6 Å². The minimum Gasteiger partial charge on any atom is -0.395 e. The first kappa shape index (κ1) is 33.3. The third-order valence-corrected chi connectivity index (χ3v) is 9.64. The number of hydrogen-bond donors (Lipinski definition) is 2. The smallest absolute Gasteiger partial charge is 0.264 e. The second kappa shape index (κ2) is 14.3. The van der Waals surface area contributed by atoms with E-state index < -0.39 is 17.4 Å². The molecule has 3 amide bonds. The van der Waals surface area contributed by atoms with Gasteiger partial charge in [-0.25, -0.2) is 0 Å². The fourth-order valence-electron chi connectivity index (χ4n) is 6.62. The van der Waals surface area contributed by atoms with Gasteiger partial charge in [0.05, 0.1) is 24.5 Å². The van der Waals surface area contributed by atoms with Gasteiger partial charge in [0.15, 0.2) is 5.60 Å². The van der Waals surface area contributed by atoms with Crippen LogP contribution in [0.4, 0.5) is 17.1 Å². The zero-order valence-electron chi connectivity index (χ0n) is 26.8. The van der Waals surface area contributed by atoms with E-state index in [1.807, 2.05) is 91.0 Å². The van der Waals surface area contributed by atoms with Crippen molar-refractivity contribution in [2.24, 2.45) is 5.92 Å². The van der Waals surface area contributed by atoms with Crippen molar-refractivity contribution in [2.45, 2.75) is 44.9 Å². The van der Waals surface area contributed by atoms with E-state index in [0.29, 0.717) is 30.6 Å². The summed E-state index contributed by atoms with van der Waals surface area (Å²) in [5.74, 6) is -1.27. The van der Waals surface area contributed by atoms with Crippen LogP contribution in [0.5, 0.6) is 0 Å². The number of nitrogens with zero attached hydrogens (tertiary/aromatic N) is 3. The molecular formula is C39H38BrN3O5. The SMILES string of the molecule is C[C@H](/C=C/CC(=O)N(CCO)Cc1ccccc1)[C@@]1(O)C(=O)N(Cc2cccc(N3C(=O)CCc4ccccc43)c2)c2ccc(Br)cc21. The molecular weight excluding hydrogens is 670 g/mol.